The lowest BCUT2D eigenvalue weighted by molar-refractivity contribution is -0.344. The standard InChI is InChI=1S/C23H24ClF3N4O2/c1-2-19-21(31-14-16(24)5-8-20(31)29-19)22(32)28-13-15-3-6-17(7-4-15)30-11-9-18(10-12-30)33-23(25,26)27/h3-8,14,18H,2,9-13H2,1H3,(H,28,32). The summed E-state index contributed by atoms with van der Waals surface area (Å²) in [5.41, 5.74) is 3.67. The van der Waals surface area contributed by atoms with Gasteiger partial charge in [-0.2, -0.15) is 0 Å². The van der Waals surface area contributed by atoms with E-state index in [1.807, 2.05) is 36.1 Å². The summed E-state index contributed by atoms with van der Waals surface area (Å²) in [6.45, 7) is 3.26. The predicted molar refractivity (Wildman–Crippen MR) is 120 cm³/mol. The van der Waals surface area contributed by atoms with Crippen molar-refractivity contribution in [3.8, 4) is 0 Å². The van der Waals surface area contributed by atoms with Crippen molar-refractivity contribution in [2.45, 2.75) is 45.2 Å². The van der Waals surface area contributed by atoms with Gasteiger partial charge in [0.2, 0.25) is 0 Å². The normalized spacial score (nSPS) is 15.2. The van der Waals surface area contributed by atoms with Crippen LogP contribution in [-0.2, 0) is 17.7 Å². The molecule has 0 bridgehead atoms. The van der Waals surface area contributed by atoms with E-state index in [4.69, 9.17) is 11.6 Å². The van der Waals surface area contributed by atoms with Gasteiger partial charge >= 0.3 is 6.36 Å². The van der Waals surface area contributed by atoms with Gasteiger partial charge in [-0.25, -0.2) is 4.98 Å². The van der Waals surface area contributed by atoms with Crippen molar-refractivity contribution in [3.63, 3.8) is 0 Å². The zero-order valence-corrected chi connectivity index (χ0v) is 18.8. The number of anilines is 1. The number of carbonyl (C=O) groups excluding carboxylic acids is 1. The fourth-order valence-electron chi connectivity index (χ4n) is 4.07. The summed E-state index contributed by atoms with van der Waals surface area (Å²) in [5.74, 6) is -0.238. The number of fused-ring (bicyclic) bond motifs is 1. The Morgan fingerprint density at radius 3 is 2.52 bits per heavy atom. The number of alkyl halides is 3. The Labute approximate surface area is 194 Å². The summed E-state index contributed by atoms with van der Waals surface area (Å²) in [4.78, 5) is 19.5. The van der Waals surface area contributed by atoms with E-state index in [2.05, 4.69) is 15.0 Å². The zero-order valence-electron chi connectivity index (χ0n) is 18.0. The van der Waals surface area contributed by atoms with Crippen LogP contribution in [0, 0.1) is 0 Å². The number of pyridine rings is 1. The topological polar surface area (TPSA) is 58.9 Å². The maximum absolute atomic E-state index is 12.9. The van der Waals surface area contributed by atoms with E-state index in [-0.39, 0.29) is 5.91 Å². The van der Waals surface area contributed by atoms with Crippen LogP contribution in [0.1, 0.15) is 41.5 Å². The third-order valence-electron chi connectivity index (χ3n) is 5.70. The minimum atomic E-state index is -4.59. The van der Waals surface area contributed by atoms with Crippen LogP contribution < -0.4 is 10.2 Å². The highest BCUT2D eigenvalue weighted by Crippen LogP contribution is 2.27. The first-order chi connectivity index (χ1) is 15.7. The molecule has 10 heteroatoms. The van der Waals surface area contributed by atoms with Crippen LogP contribution in [0.4, 0.5) is 18.9 Å². The molecule has 176 valence electrons. The molecule has 0 unspecified atom stereocenters. The van der Waals surface area contributed by atoms with Crippen LogP contribution in [0.25, 0.3) is 5.65 Å². The van der Waals surface area contributed by atoms with Gasteiger partial charge < -0.3 is 10.2 Å². The second kappa shape index (κ2) is 9.61. The van der Waals surface area contributed by atoms with E-state index in [0.717, 1.165) is 11.3 Å². The lowest BCUT2D eigenvalue weighted by Gasteiger charge is -2.33. The zero-order chi connectivity index (χ0) is 23.6. The van der Waals surface area contributed by atoms with Crippen LogP contribution in [-0.4, -0.2) is 40.8 Å². The van der Waals surface area contributed by atoms with Gasteiger partial charge in [-0.3, -0.25) is 13.9 Å². The molecule has 2 aromatic heterocycles. The molecule has 0 radical (unpaired) electrons. The highest BCUT2D eigenvalue weighted by Gasteiger charge is 2.35. The van der Waals surface area contributed by atoms with Gasteiger partial charge in [0.15, 0.2) is 0 Å². The van der Waals surface area contributed by atoms with E-state index >= 15 is 0 Å². The van der Waals surface area contributed by atoms with E-state index in [9.17, 15) is 18.0 Å². The Morgan fingerprint density at radius 1 is 1.18 bits per heavy atom. The summed E-state index contributed by atoms with van der Waals surface area (Å²) in [7, 11) is 0. The Bertz CT molecular complexity index is 1120. The highest BCUT2D eigenvalue weighted by atomic mass is 35.5. The quantitative estimate of drug-likeness (QED) is 0.540. The molecule has 1 saturated heterocycles. The van der Waals surface area contributed by atoms with Crippen LogP contribution in [0.3, 0.4) is 0 Å². The molecule has 0 saturated carbocycles. The number of aryl methyl sites for hydroxylation is 1. The number of halogens is 4. The van der Waals surface area contributed by atoms with E-state index < -0.39 is 12.5 Å². The minimum absolute atomic E-state index is 0.238. The number of benzene rings is 1. The van der Waals surface area contributed by atoms with Crippen molar-refractivity contribution in [2.24, 2.45) is 0 Å². The smallest absolute Gasteiger partial charge is 0.371 e. The molecule has 0 spiro atoms. The Morgan fingerprint density at radius 2 is 1.88 bits per heavy atom. The molecule has 1 N–H and O–H groups in total. The first-order valence-electron chi connectivity index (χ1n) is 10.8. The number of piperidine rings is 1. The molecule has 1 aliphatic rings. The van der Waals surface area contributed by atoms with Crippen molar-refractivity contribution in [1.82, 2.24) is 14.7 Å². The lowest BCUT2D eigenvalue weighted by atomic mass is 10.1. The molecule has 1 aromatic carbocycles. The summed E-state index contributed by atoms with van der Waals surface area (Å²) in [6, 6.07) is 11.1. The molecular weight excluding hydrogens is 457 g/mol. The Balaban J connectivity index is 1.36. The minimum Gasteiger partial charge on any atom is -0.371 e. The highest BCUT2D eigenvalue weighted by molar-refractivity contribution is 6.30. The van der Waals surface area contributed by atoms with Crippen molar-refractivity contribution in [3.05, 3.63) is 64.6 Å². The second-order valence-corrected chi connectivity index (χ2v) is 8.37. The van der Waals surface area contributed by atoms with E-state index in [1.165, 1.54) is 0 Å². The molecule has 3 aromatic rings. The molecule has 0 aliphatic carbocycles. The number of aromatic nitrogens is 2. The number of carbonyl (C=O) groups is 1. The largest absolute Gasteiger partial charge is 0.522 e. The fourth-order valence-corrected chi connectivity index (χ4v) is 4.23. The monoisotopic (exact) mass is 480 g/mol. The predicted octanol–water partition coefficient (Wildman–Crippen LogP) is 4.99. The van der Waals surface area contributed by atoms with E-state index in [1.54, 1.807) is 22.7 Å². The SMILES string of the molecule is CCc1nc2ccc(Cl)cn2c1C(=O)NCc1ccc(N2CCC(OC(F)(F)F)CC2)cc1. The number of ether oxygens (including phenoxy) is 1. The average Bonchev–Trinajstić information content (AvgIpc) is 3.15. The first-order valence-corrected chi connectivity index (χ1v) is 11.1. The van der Waals surface area contributed by atoms with Crippen molar-refractivity contribution < 1.29 is 22.7 Å². The summed E-state index contributed by atoms with van der Waals surface area (Å²) in [5, 5.41) is 3.45. The summed E-state index contributed by atoms with van der Waals surface area (Å²) >= 11 is 6.09. The fraction of sp³-hybridized carbons (Fsp3) is 0.391. The number of imidazole rings is 1. The Kier molecular flexibility index (Phi) is 6.81. The molecular formula is C23H24ClF3N4O2. The number of hydrogen-bond acceptors (Lipinski definition) is 4. The van der Waals surface area contributed by atoms with Crippen LogP contribution >= 0.6 is 11.6 Å². The van der Waals surface area contributed by atoms with Gasteiger partial charge in [0.25, 0.3) is 5.91 Å². The third-order valence-corrected chi connectivity index (χ3v) is 5.93. The van der Waals surface area contributed by atoms with Gasteiger partial charge in [-0.05, 0) is 49.1 Å². The number of rotatable bonds is 6. The summed E-state index contributed by atoms with van der Waals surface area (Å²) < 4.78 is 43.0. The van der Waals surface area contributed by atoms with Crippen LogP contribution in [0.15, 0.2) is 42.6 Å². The number of nitrogens with zero attached hydrogens (tertiary/aromatic N) is 3. The van der Waals surface area contributed by atoms with Gasteiger partial charge in [-0.1, -0.05) is 30.7 Å². The van der Waals surface area contributed by atoms with Gasteiger partial charge in [-0.15, -0.1) is 13.2 Å². The van der Waals surface area contributed by atoms with Crippen molar-refractivity contribution in [1.29, 1.82) is 0 Å². The van der Waals surface area contributed by atoms with Gasteiger partial charge in [0.1, 0.15) is 11.3 Å². The summed E-state index contributed by atoms with van der Waals surface area (Å²) in [6.07, 6.45) is -2.46. The lowest BCUT2D eigenvalue weighted by Crippen LogP contribution is -2.39. The molecule has 1 aliphatic heterocycles. The maximum atomic E-state index is 12.9. The van der Waals surface area contributed by atoms with Crippen molar-refractivity contribution in [2.75, 3.05) is 18.0 Å². The van der Waals surface area contributed by atoms with E-state index in [0.29, 0.717) is 61.0 Å². The molecule has 3 heterocycles. The third kappa shape index (κ3) is 5.59. The second-order valence-electron chi connectivity index (χ2n) is 7.94. The maximum Gasteiger partial charge on any atom is 0.522 e. The Hall–Kier alpha value is -2.78. The van der Waals surface area contributed by atoms with Crippen molar-refractivity contribution >= 4 is 28.8 Å². The first kappa shape index (κ1) is 23.4. The molecule has 33 heavy (non-hydrogen) atoms. The molecule has 1 fully saturated rings. The number of hydrogen-bond donors (Lipinski definition) is 1. The van der Waals surface area contributed by atoms with Gasteiger partial charge in [0, 0.05) is 31.5 Å². The molecule has 1 amide bonds. The number of amides is 1. The molecule has 4 rings (SSSR count). The van der Waals surface area contributed by atoms with Crippen LogP contribution in [0.2, 0.25) is 5.02 Å². The average molecular weight is 481 g/mol. The van der Waals surface area contributed by atoms with Gasteiger partial charge in [0.05, 0.1) is 16.8 Å². The number of nitrogens with one attached hydrogen (secondary N) is 1. The molecule has 0 atom stereocenters. The molecule has 6 nitrogen and oxygen atoms in total. The van der Waals surface area contributed by atoms with Crippen LogP contribution in [0.5, 0.6) is 0 Å².